The van der Waals surface area contributed by atoms with Crippen molar-refractivity contribution in [1.29, 1.82) is 0 Å². The summed E-state index contributed by atoms with van der Waals surface area (Å²) in [6.45, 7) is 4.53. The number of aldehydes is 1. The predicted octanol–water partition coefficient (Wildman–Crippen LogP) is 4.13. The van der Waals surface area contributed by atoms with Crippen molar-refractivity contribution >= 4 is 6.29 Å². The molecule has 1 heteroatoms. The van der Waals surface area contributed by atoms with Crippen LogP contribution in [0.4, 0.5) is 0 Å². The first-order valence-electron chi connectivity index (χ1n) is 5.95. The molecule has 0 spiro atoms. The summed E-state index contributed by atoms with van der Waals surface area (Å²) in [5.74, 6) is 0.902. The van der Waals surface area contributed by atoms with Crippen LogP contribution in [0.3, 0.4) is 0 Å². The van der Waals surface area contributed by atoms with E-state index in [2.05, 4.69) is 13.8 Å². The highest BCUT2D eigenvalue weighted by molar-refractivity contribution is 5.64. The third-order valence-corrected chi connectivity index (χ3v) is 2.74. The van der Waals surface area contributed by atoms with Crippen LogP contribution in [-0.4, -0.2) is 6.29 Å². The number of rotatable bonds is 9. The third kappa shape index (κ3) is 8.03. The van der Waals surface area contributed by atoms with E-state index in [1.165, 1.54) is 38.5 Å². The minimum absolute atomic E-state index is 0.856. The van der Waals surface area contributed by atoms with Crippen molar-refractivity contribution in [1.82, 2.24) is 0 Å². The predicted molar refractivity (Wildman–Crippen MR) is 62.4 cm³/mol. The maximum Gasteiger partial charge on any atom is 0.142 e. The molecule has 0 N–H and O–H groups in total. The summed E-state index contributed by atoms with van der Waals surface area (Å²) >= 11 is 0. The first kappa shape index (κ1) is 13.4. The Kier molecular flexibility index (Phi) is 10.0. The van der Waals surface area contributed by atoms with E-state index in [0.29, 0.717) is 0 Å². The first-order chi connectivity index (χ1) is 6.85. The Morgan fingerprint density at radius 2 is 1.86 bits per heavy atom. The van der Waals surface area contributed by atoms with Crippen molar-refractivity contribution in [2.75, 3.05) is 0 Å². The second-order valence-corrected chi connectivity index (χ2v) is 3.91. The van der Waals surface area contributed by atoms with Crippen LogP contribution in [0, 0.1) is 5.92 Å². The van der Waals surface area contributed by atoms with Gasteiger partial charge in [-0.25, -0.2) is 0 Å². The maximum absolute atomic E-state index is 10.0. The third-order valence-electron chi connectivity index (χ3n) is 2.74. The Morgan fingerprint density at radius 1 is 1.14 bits per heavy atom. The molecule has 0 aliphatic carbocycles. The van der Waals surface area contributed by atoms with Crippen LogP contribution in [0.1, 0.15) is 58.8 Å². The molecule has 0 aromatic rings. The molecule has 0 rings (SSSR count). The molecule has 0 radical (unpaired) electrons. The number of carbonyl (C=O) groups is 1. The zero-order valence-corrected chi connectivity index (χ0v) is 9.67. The Labute approximate surface area is 88.6 Å². The van der Waals surface area contributed by atoms with Gasteiger partial charge in [0.2, 0.25) is 0 Å². The van der Waals surface area contributed by atoms with Crippen molar-refractivity contribution in [3.63, 3.8) is 0 Å². The summed E-state index contributed by atoms with van der Waals surface area (Å²) < 4.78 is 0. The maximum atomic E-state index is 10.0. The van der Waals surface area contributed by atoms with Gasteiger partial charge in [0.05, 0.1) is 0 Å². The van der Waals surface area contributed by atoms with Gasteiger partial charge in [-0.05, 0) is 24.8 Å². The molecule has 1 unspecified atom stereocenters. The molecule has 0 bridgehead atoms. The molecule has 1 atom stereocenters. The largest absolute Gasteiger partial charge is 0.299 e. The van der Waals surface area contributed by atoms with E-state index in [0.717, 1.165) is 18.6 Å². The molecule has 0 aliphatic heterocycles. The van der Waals surface area contributed by atoms with Crippen LogP contribution in [0.2, 0.25) is 0 Å². The fourth-order valence-corrected chi connectivity index (χ4v) is 1.72. The summed E-state index contributed by atoms with van der Waals surface area (Å²) in [6, 6.07) is 0. The van der Waals surface area contributed by atoms with Gasteiger partial charge in [-0.1, -0.05) is 52.0 Å². The van der Waals surface area contributed by atoms with Gasteiger partial charge >= 0.3 is 0 Å². The highest BCUT2D eigenvalue weighted by Crippen LogP contribution is 2.19. The molecule has 1 nitrogen and oxygen atoms in total. The van der Waals surface area contributed by atoms with E-state index < -0.39 is 0 Å². The molecule has 0 aromatic heterocycles. The van der Waals surface area contributed by atoms with Gasteiger partial charge in [-0.2, -0.15) is 0 Å². The highest BCUT2D eigenvalue weighted by atomic mass is 16.1. The molecule has 82 valence electrons. The summed E-state index contributed by atoms with van der Waals surface area (Å²) in [7, 11) is 0. The van der Waals surface area contributed by atoms with Crippen molar-refractivity contribution in [2.24, 2.45) is 5.92 Å². The summed E-state index contributed by atoms with van der Waals surface area (Å²) in [4.78, 5) is 10.0. The lowest BCUT2D eigenvalue weighted by Crippen LogP contribution is -1.98. The number of hydrogen-bond donors (Lipinski definition) is 0. The van der Waals surface area contributed by atoms with E-state index >= 15 is 0 Å². The fourth-order valence-electron chi connectivity index (χ4n) is 1.72. The normalized spacial score (nSPS) is 13.3. The lowest BCUT2D eigenvalue weighted by molar-refractivity contribution is -0.104. The van der Waals surface area contributed by atoms with Gasteiger partial charge in [0, 0.05) is 0 Å². The van der Waals surface area contributed by atoms with E-state index in [4.69, 9.17) is 0 Å². The molecule has 0 saturated heterocycles. The molecule has 0 aromatic carbocycles. The van der Waals surface area contributed by atoms with Gasteiger partial charge in [0.15, 0.2) is 0 Å². The molecule has 0 fully saturated rings. The zero-order valence-electron chi connectivity index (χ0n) is 9.67. The number of carbonyl (C=O) groups excluding carboxylic acids is 1. The molecule has 0 saturated carbocycles. The van der Waals surface area contributed by atoms with Crippen LogP contribution in [0.25, 0.3) is 0 Å². The Bertz CT molecular complexity index is 149. The molecule has 0 heterocycles. The van der Waals surface area contributed by atoms with Crippen LogP contribution >= 0.6 is 0 Å². The quantitative estimate of drug-likeness (QED) is 0.308. The Balaban J connectivity index is 3.41. The van der Waals surface area contributed by atoms with Crippen molar-refractivity contribution in [3.05, 3.63) is 12.2 Å². The van der Waals surface area contributed by atoms with Crippen LogP contribution in [-0.2, 0) is 4.79 Å². The SMILES string of the molecule is CCCCC(CC)CCCC=CC=O. The van der Waals surface area contributed by atoms with E-state index in [1.807, 2.05) is 6.08 Å². The van der Waals surface area contributed by atoms with E-state index in [-0.39, 0.29) is 0 Å². The van der Waals surface area contributed by atoms with E-state index in [9.17, 15) is 4.79 Å². The monoisotopic (exact) mass is 196 g/mol. The van der Waals surface area contributed by atoms with E-state index in [1.54, 1.807) is 6.08 Å². The van der Waals surface area contributed by atoms with Crippen molar-refractivity contribution < 1.29 is 4.79 Å². The van der Waals surface area contributed by atoms with Crippen molar-refractivity contribution in [3.8, 4) is 0 Å². The van der Waals surface area contributed by atoms with Gasteiger partial charge in [0.25, 0.3) is 0 Å². The van der Waals surface area contributed by atoms with Gasteiger partial charge < -0.3 is 0 Å². The average Bonchev–Trinajstić information content (AvgIpc) is 2.22. The Hall–Kier alpha value is -0.590. The molecule has 0 aliphatic rings. The van der Waals surface area contributed by atoms with Gasteiger partial charge in [-0.3, -0.25) is 4.79 Å². The summed E-state index contributed by atoms with van der Waals surface area (Å²) in [5, 5.41) is 0. The highest BCUT2D eigenvalue weighted by Gasteiger charge is 2.03. The Morgan fingerprint density at radius 3 is 2.43 bits per heavy atom. The molecular weight excluding hydrogens is 172 g/mol. The van der Waals surface area contributed by atoms with Crippen LogP contribution in [0.5, 0.6) is 0 Å². The standard InChI is InChI=1S/C13H24O/c1-3-5-10-13(4-2)11-8-6-7-9-12-14/h7,9,12-13H,3-6,8,10-11H2,1-2H3. The van der Waals surface area contributed by atoms with Crippen LogP contribution in [0.15, 0.2) is 12.2 Å². The zero-order chi connectivity index (χ0) is 10.6. The fraction of sp³-hybridized carbons (Fsp3) is 0.769. The minimum Gasteiger partial charge on any atom is -0.299 e. The molecular formula is C13H24O. The number of hydrogen-bond acceptors (Lipinski definition) is 1. The topological polar surface area (TPSA) is 17.1 Å². The summed E-state index contributed by atoms with van der Waals surface area (Å²) in [5.41, 5.74) is 0. The first-order valence-corrected chi connectivity index (χ1v) is 5.95. The number of allylic oxidation sites excluding steroid dienone is 2. The lowest BCUT2D eigenvalue weighted by atomic mass is 9.93. The average molecular weight is 196 g/mol. The van der Waals surface area contributed by atoms with Gasteiger partial charge in [-0.15, -0.1) is 0 Å². The van der Waals surface area contributed by atoms with Gasteiger partial charge in [0.1, 0.15) is 6.29 Å². The number of unbranched alkanes of at least 4 members (excludes halogenated alkanes) is 2. The summed E-state index contributed by atoms with van der Waals surface area (Å²) in [6.07, 6.45) is 13.4. The van der Waals surface area contributed by atoms with Crippen molar-refractivity contribution in [2.45, 2.75) is 58.8 Å². The molecule has 14 heavy (non-hydrogen) atoms. The molecule has 0 amide bonds. The second-order valence-electron chi connectivity index (χ2n) is 3.91. The smallest absolute Gasteiger partial charge is 0.142 e. The second kappa shape index (κ2) is 10.5. The van der Waals surface area contributed by atoms with Crippen LogP contribution < -0.4 is 0 Å². The minimum atomic E-state index is 0.856. The lowest BCUT2D eigenvalue weighted by Gasteiger charge is -2.12.